The van der Waals surface area contributed by atoms with Crippen molar-refractivity contribution in [2.75, 3.05) is 32.8 Å². The summed E-state index contributed by atoms with van der Waals surface area (Å²) in [5.41, 5.74) is 0. The minimum atomic E-state index is 0.612. The van der Waals surface area contributed by atoms with Crippen LogP contribution in [0.15, 0.2) is 0 Å². The van der Waals surface area contributed by atoms with Crippen LogP contribution in [0.2, 0.25) is 0 Å². The number of hydrogen-bond acceptors (Lipinski definition) is 3. The van der Waals surface area contributed by atoms with Gasteiger partial charge < -0.3 is 10.1 Å². The molecule has 1 fully saturated rings. The van der Waals surface area contributed by atoms with Crippen LogP contribution < -0.4 is 5.32 Å². The van der Waals surface area contributed by atoms with Gasteiger partial charge in [-0.15, -0.1) is 0 Å². The topological polar surface area (TPSA) is 24.5 Å². The van der Waals surface area contributed by atoms with Gasteiger partial charge in [-0.05, 0) is 19.3 Å². The lowest BCUT2D eigenvalue weighted by molar-refractivity contribution is -0.00817. The van der Waals surface area contributed by atoms with E-state index in [0.717, 1.165) is 32.8 Å². The standard InChI is InChI=1S/C13H28N2O/c1-5-13-10-16-9-8-15(13)7-6-14-12(4)11(2)3/h11-14H,5-10H2,1-4H3. The summed E-state index contributed by atoms with van der Waals surface area (Å²) in [6.07, 6.45) is 1.19. The van der Waals surface area contributed by atoms with Crippen molar-refractivity contribution in [2.24, 2.45) is 5.92 Å². The highest BCUT2D eigenvalue weighted by Crippen LogP contribution is 2.09. The summed E-state index contributed by atoms with van der Waals surface area (Å²) in [6, 6.07) is 1.24. The lowest BCUT2D eigenvalue weighted by Crippen LogP contribution is -2.48. The molecule has 0 bridgehead atoms. The Morgan fingerprint density at radius 2 is 2.12 bits per heavy atom. The van der Waals surface area contributed by atoms with Crippen LogP contribution in [-0.4, -0.2) is 49.8 Å². The molecule has 1 saturated heterocycles. The first kappa shape index (κ1) is 13.9. The molecule has 0 spiro atoms. The molecule has 1 rings (SSSR count). The normalized spacial score (nSPS) is 24.9. The Morgan fingerprint density at radius 3 is 2.75 bits per heavy atom. The third-order valence-corrected chi connectivity index (χ3v) is 3.69. The second kappa shape index (κ2) is 7.25. The van der Waals surface area contributed by atoms with Crippen LogP contribution in [0.1, 0.15) is 34.1 Å². The molecule has 2 unspecified atom stereocenters. The lowest BCUT2D eigenvalue weighted by Gasteiger charge is -2.35. The average molecular weight is 228 g/mol. The molecule has 96 valence electrons. The number of nitrogens with one attached hydrogen (secondary N) is 1. The monoisotopic (exact) mass is 228 g/mol. The Hall–Kier alpha value is -0.120. The van der Waals surface area contributed by atoms with Gasteiger partial charge in [0.1, 0.15) is 0 Å². The van der Waals surface area contributed by atoms with Crippen molar-refractivity contribution >= 4 is 0 Å². The highest BCUT2D eigenvalue weighted by Gasteiger charge is 2.20. The smallest absolute Gasteiger partial charge is 0.0622 e. The maximum Gasteiger partial charge on any atom is 0.0622 e. The highest BCUT2D eigenvalue weighted by atomic mass is 16.5. The van der Waals surface area contributed by atoms with E-state index in [1.54, 1.807) is 0 Å². The summed E-state index contributed by atoms with van der Waals surface area (Å²) in [6.45, 7) is 14.2. The van der Waals surface area contributed by atoms with Crippen molar-refractivity contribution in [2.45, 2.75) is 46.2 Å². The quantitative estimate of drug-likeness (QED) is 0.749. The molecule has 0 aromatic rings. The van der Waals surface area contributed by atoms with Crippen LogP contribution in [0.3, 0.4) is 0 Å². The van der Waals surface area contributed by atoms with Gasteiger partial charge in [0, 0.05) is 31.7 Å². The zero-order valence-corrected chi connectivity index (χ0v) is 11.3. The first-order valence-corrected chi connectivity index (χ1v) is 6.70. The van der Waals surface area contributed by atoms with E-state index in [1.165, 1.54) is 6.42 Å². The fraction of sp³-hybridized carbons (Fsp3) is 1.00. The van der Waals surface area contributed by atoms with E-state index in [4.69, 9.17) is 4.74 Å². The van der Waals surface area contributed by atoms with Crippen LogP contribution >= 0.6 is 0 Å². The molecule has 1 N–H and O–H groups in total. The van der Waals surface area contributed by atoms with Gasteiger partial charge in [0.25, 0.3) is 0 Å². The van der Waals surface area contributed by atoms with Crippen molar-refractivity contribution in [3.8, 4) is 0 Å². The average Bonchev–Trinajstić information content (AvgIpc) is 2.29. The predicted octanol–water partition coefficient (Wildman–Crippen LogP) is 1.73. The minimum absolute atomic E-state index is 0.612. The minimum Gasteiger partial charge on any atom is -0.378 e. The second-order valence-corrected chi connectivity index (χ2v) is 5.16. The summed E-state index contributed by atoms with van der Waals surface area (Å²) in [5, 5.41) is 3.59. The molecule has 0 aliphatic carbocycles. The van der Waals surface area contributed by atoms with E-state index in [9.17, 15) is 0 Å². The maximum absolute atomic E-state index is 5.51. The van der Waals surface area contributed by atoms with E-state index in [-0.39, 0.29) is 0 Å². The van der Waals surface area contributed by atoms with Crippen molar-refractivity contribution < 1.29 is 4.74 Å². The number of hydrogen-bond donors (Lipinski definition) is 1. The molecule has 1 aliphatic rings. The van der Waals surface area contributed by atoms with E-state index < -0.39 is 0 Å². The molecule has 0 saturated carbocycles. The lowest BCUT2D eigenvalue weighted by atomic mass is 10.1. The molecule has 3 heteroatoms. The second-order valence-electron chi connectivity index (χ2n) is 5.16. The molecule has 0 aromatic heterocycles. The number of morpholine rings is 1. The van der Waals surface area contributed by atoms with Crippen LogP contribution in [-0.2, 0) is 4.74 Å². The Balaban J connectivity index is 2.20. The van der Waals surface area contributed by atoms with E-state index in [0.29, 0.717) is 18.0 Å². The molecule has 16 heavy (non-hydrogen) atoms. The summed E-state index contributed by atoms with van der Waals surface area (Å²) in [7, 11) is 0. The number of ether oxygens (including phenoxy) is 1. The van der Waals surface area contributed by atoms with Gasteiger partial charge in [0.15, 0.2) is 0 Å². The first-order valence-electron chi connectivity index (χ1n) is 6.70. The summed E-state index contributed by atoms with van der Waals surface area (Å²) in [5.74, 6) is 0.715. The molecule has 0 amide bonds. The van der Waals surface area contributed by atoms with Crippen molar-refractivity contribution in [1.29, 1.82) is 0 Å². The molecule has 2 atom stereocenters. The highest BCUT2D eigenvalue weighted by molar-refractivity contribution is 4.75. The van der Waals surface area contributed by atoms with Gasteiger partial charge in [-0.1, -0.05) is 20.8 Å². The zero-order valence-electron chi connectivity index (χ0n) is 11.3. The van der Waals surface area contributed by atoms with Crippen LogP contribution in [0.4, 0.5) is 0 Å². The van der Waals surface area contributed by atoms with Crippen LogP contribution in [0.25, 0.3) is 0 Å². The van der Waals surface area contributed by atoms with Crippen LogP contribution in [0, 0.1) is 5.92 Å². The Morgan fingerprint density at radius 1 is 1.38 bits per heavy atom. The molecular formula is C13H28N2O. The number of rotatable bonds is 6. The Kier molecular flexibility index (Phi) is 6.32. The molecule has 0 aromatic carbocycles. The Labute approximate surface area is 101 Å². The van der Waals surface area contributed by atoms with Crippen molar-refractivity contribution in [3.63, 3.8) is 0 Å². The molecule has 3 nitrogen and oxygen atoms in total. The predicted molar refractivity (Wildman–Crippen MR) is 68.8 cm³/mol. The van der Waals surface area contributed by atoms with Crippen LogP contribution in [0.5, 0.6) is 0 Å². The van der Waals surface area contributed by atoms with Gasteiger partial charge in [-0.2, -0.15) is 0 Å². The third-order valence-electron chi connectivity index (χ3n) is 3.69. The molecule has 1 aliphatic heterocycles. The van der Waals surface area contributed by atoms with Gasteiger partial charge in [0.05, 0.1) is 13.2 Å². The first-order chi connectivity index (χ1) is 7.65. The van der Waals surface area contributed by atoms with E-state index >= 15 is 0 Å². The molecular weight excluding hydrogens is 200 g/mol. The maximum atomic E-state index is 5.51. The molecule has 0 radical (unpaired) electrons. The van der Waals surface area contributed by atoms with Gasteiger partial charge in [0.2, 0.25) is 0 Å². The largest absolute Gasteiger partial charge is 0.378 e. The summed E-state index contributed by atoms with van der Waals surface area (Å²) < 4.78 is 5.51. The Bertz CT molecular complexity index is 185. The van der Waals surface area contributed by atoms with E-state index in [1.807, 2.05) is 0 Å². The SMILES string of the molecule is CCC1COCCN1CCNC(C)C(C)C. The summed E-state index contributed by atoms with van der Waals surface area (Å²) in [4.78, 5) is 2.56. The molecule has 1 heterocycles. The van der Waals surface area contributed by atoms with Crippen molar-refractivity contribution in [3.05, 3.63) is 0 Å². The summed E-state index contributed by atoms with van der Waals surface area (Å²) >= 11 is 0. The van der Waals surface area contributed by atoms with E-state index in [2.05, 4.69) is 37.9 Å². The number of nitrogens with zero attached hydrogens (tertiary/aromatic N) is 1. The fourth-order valence-electron chi connectivity index (χ4n) is 2.03. The third kappa shape index (κ3) is 4.40. The van der Waals surface area contributed by atoms with Gasteiger partial charge in [-0.25, -0.2) is 0 Å². The van der Waals surface area contributed by atoms with Crippen molar-refractivity contribution in [1.82, 2.24) is 10.2 Å². The fourth-order valence-corrected chi connectivity index (χ4v) is 2.03. The van der Waals surface area contributed by atoms with Gasteiger partial charge in [-0.3, -0.25) is 4.90 Å². The zero-order chi connectivity index (χ0) is 12.0. The van der Waals surface area contributed by atoms with Gasteiger partial charge >= 0.3 is 0 Å².